The molecule has 1 aliphatic heterocycles. The van der Waals surface area contributed by atoms with E-state index in [1.807, 2.05) is 0 Å². The molecular formula is C69H118N2O7. The molecule has 0 amide bonds. The Bertz CT molecular complexity index is 2140. The van der Waals surface area contributed by atoms with Crippen LogP contribution in [0.5, 0.6) is 0 Å². The van der Waals surface area contributed by atoms with Crippen LogP contribution >= 0.6 is 0 Å². The minimum atomic E-state index is -0.170. The van der Waals surface area contributed by atoms with Crippen molar-refractivity contribution in [2.24, 2.45) is 113 Å². The van der Waals surface area contributed by atoms with Gasteiger partial charge in [-0.15, -0.1) is 0 Å². The van der Waals surface area contributed by atoms with E-state index in [1.54, 1.807) is 0 Å². The molecule has 9 heteroatoms. The maximum Gasteiger partial charge on any atom is 0.157 e. The van der Waals surface area contributed by atoms with Gasteiger partial charge in [0.1, 0.15) is 0 Å². The van der Waals surface area contributed by atoms with E-state index in [1.165, 1.54) is 114 Å². The molecule has 0 spiro atoms. The molecule has 446 valence electrons. The molecule has 11 aliphatic rings. The van der Waals surface area contributed by atoms with Crippen molar-refractivity contribution < 1.29 is 35.0 Å². The largest absolute Gasteiger partial charge is 0.396 e. The highest BCUT2D eigenvalue weighted by molar-refractivity contribution is 5.25. The van der Waals surface area contributed by atoms with Crippen LogP contribution in [0, 0.1) is 113 Å². The first-order valence-corrected chi connectivity index (χ1v) is 33.0. The van der Waals surface area contributed by atoms with Crippen molar-refractivity contribution >= 4 is 0 Å². The second kappa shape index (κ2) is 21.9. The van der Waals surface area contributed by atoms with Crippen molar-refractivity contribution in [2.45, 2.75) is 235 Å². The minimum Gasteiger partial charge on any atom is -0.396 e. The van der Waals surface area contributed by atoms with Gasteiger partial charge in [0, 0.05) is 39.4 Å². The molecule has 0 aromatic carbocycles. The third-order valence-electron chi connectivity index (χ3n) is 29.5. The third kappa shape index (κ3) is 9.17. The van der Waals surface area contributed by atoms with Gasteiger partial charge in [-0.25, -0.2) is 0 Å². The van der Waals surface area contributed by atoms with Crippen LogP contribution in [0.4, 0.5) is 0 Å². The van der Waals surface area contributed by atoms with Crippen molar-refractivity contribution in [2.75, 3.05) is 59.2 Å². The molecule has 0 aromatic rings. The number of nitrogens with one attached hydrogen (secondary N) is 2. The molecule has 21 atom stereocenters. The maximum absolute atomic E-state index is 11.1. The molecular weight excluding hydrogens is 969 g/mol. The summed E-state index contributed by atoms with van der Waals surface area (Å²) >= 11 is 0. The minimum absolute atomic E-state index is 0.000545. The van der Waals surface area contributed by atoms with Crippen molar-refractivity contribution in [3.63, 3.8) is 0 Å². The molecule has 0 bridgehead atoms. The number of hydrogen-bond donors (Lipinski definition) is 7. The number of ether oxygens (including phenoxy) is 2. The first kappa shape index (κ1) is 60.2. The van der Waals surface area contributed by atoms with E-state index in [0.29, 0.717) is 100 Å². The van der Waals surface area contributed by atoms with Crippen LogP contribution in [-0.2, 0) is 9.47 Å². The molecule has 0 radical (unpaired) electrons. The van der Waals surface area contributed by atoms with E-state index in [2.05, 4.69) is 86.4 Å². The molecule has 0 aromatic heterocycles. The average Bonchev–Trinajstić information content (AvgIpc) is 3.26. The van der Waals surface area contributed by atoms with Crippen LogP contribution < -0.4 is 10.6 Å². The lowest BCUT2D eigenvalue weighted by Gasteiger charge is -2.73. The quantitative estimate of drug-likeness (QED) is 0.0668. The van der Waals surface area contributed by atoms with Crippen molar-refractivity contribution in [3.8, 4) is 0 Å². The third-order valence-corrected chi connectivity index (χ3v) is 29.5. The predicted molar refractivity (Wildman–Crippen MR) is 315 cm³/mol. The SMILES string of the molecule is C=C(CNCCO)[C@@H]1CC[C@]2(CO)CC[C@]3(C)[C@H](CC[C@@H]4[C@@]5(C)CCC(O)C(C)(C)[C@@H]5CC[C@]43C)[C@@H]12.C=C(CNCCO)[C@@H]1CC[C@]2(COC3CCCCO3)CC[C@]3(C)[C@H](CC[C@@H]4[C@@]5(C)CCC(O)C(C)(C)[C@@H]5CC[C@]43C)[C@@H]12. The van der Waals surface area contributed by atoms with Gasteiger partial charge in [0.15, 0.2) is 6.29 Å². The first-order valence-electron chi connectivity index (χ1n) is 33.0. The molecule has 78 heavy (non-hydrogen) atoms. The average molecular weight is 1090 g/mol. The summed E-state index contributed by atoms with van der Waals surface area (Å²) in [7, 11) is 0. The van der Waals surface area contributed by atoms with Crippen LogP contribution in [0.15, 0.2) is 24.3 Å². The molecule has 10 aliphatic carbocycles. The van der Waals surface area contributed by atoms with E-state index in [0.717, 1.165) is 77.2 Å². The summed E-state index contributed by atoms with van der Waals surface area (Å²) in [6.45, 7) is 39.8. The Morgan fingerprint density at radius 3 is 1.40 bits per heavy atom. The van der Waals surface area contributed by atoms with Gasteiger partial charge in [0.2, 0.25) is 0 Å². The Morgan fingerprint density at radius 2 is 0.949 bits per heavy atom. The van der Waals surface area contributed by atoms with Crippen LogP contribution in [-0.4, -0.2) is 103 Å². The number of fused-ring (bicyclic) bond motifs is 14. The summed E-state index contributed by atoms with van der Waals surface area (Å²) in [5, 5.41) is 58.4. The number of aliphatic hydroxyl groups excluding tert-OH is 5. The summed E-state index contributed by atoms with van der Waals surface area (Å²) in [5.41, 5.74) is 4.77. The highest BCUT2D eigenvalue weighted by atomic mass is 16.7. The maximum atomic E-state index is 11.1. The van der Waals surface area contributed by atoms with Crippen LogP contribution in [0.3, 0.4) is 0 Å². The summed E-state index contributed by atoms with van der Waals surface area (Å²) in [6, 6.07) is 0. The zero-order valence-electron chi connectivity index (χ0n) is 51.6. The van der Waals surface area contributed by atoms with E-state index in [4.69, 9.17) is 16.1 Å². The van der Waals surface area contributed by atoms with Gasteiger partial charge in [-0.2, -0.15) is 0 Å². The van der Waals surface area contributed by atoms with Gasteiger partial charge in [0.05, 0.1) is 32.0 Å². The van der Waals surface area contributed by atoms with Crippen molar-refractivity contribution in [1.29, 1.82) is 0 Å². The van der Waals surface area contributed by atoms with E-state index < -0.39 is 0 Å². The zero-order chi connectivity index (χ0) is 56.1. The molecule has 7 N–H and O–H groups in total. The second-order valence-electron chi connectivity index (χ2n) is 32.5. The highest BCUT2D eigenvalue weighted by Crippen LogP contribution is 2.80. The smallest absolute Gasteiger partial charge is 0.157 e. The Balaban J connectivity index is 0.000000179. The highest BCUT2D eigenvalue weighted by Gasteiger charge is 2.73. The fourth-order valence-electron chi connectivity index (χ4n) is 24.9. The fraction of sp³-hybridized carbons (Fsp3) is 0.942. The van der Waals surface area contributed by atoms with Gasteiger partial charge >= 0.3 is 0 Å². The molecule has 9 nitrogen and oxygen atoms in total. The van der Waals surface area contributed by atoms with Gasteiger partial charge in [0.25, 0.3) is 0 Å². The van der Waals surface area contributed by atoms with E-state index in [-0.39, 0.29) is 58.8 Å². The summed E-state index contributed by atoms with van der Waals surface area (Å²) in [6.07, 6.45) is 27.4. The predicted octanol–water partition coefficient (Wildman–Crippen LogP) is 12.7. The fourth-order valence-corrected chi connectivity index (χ4v) is 24.9. The van der Waals surface area contributed by atoms with Crippen molar-refractivity contribution in [1.82, 2.24) is 10.6 Å². The van der Waals surface area contributed by atoms with E-state index >= 15 is 0 Å². The van der Waals surface area contributed by atoms with Crippen LogP contribution in [0.25, 0.3) is 0 Å². The number of aliphatic hydroxyl groups is 5. The van der Waals surface area contributed by atoms with Crippen molar-refractivity contribution in [3.05, 3.63) is 24.3 Å². The molecule has 11 rings (SSSR count). The molecule has 3 unspecified atom stereocenters. The molecule has 11 fully saturated rings. The lowest BCUT2D eigenvalue weighted by Crippen LogP contribution is -2.66. The molecule has 1 heterocycles. The lowest BCUT2D eigenvalue weighted by atomic mass is 9.32. The van der Waals surface area contributed by atoms with E-state index in [9.17, 15) is 25.5 Å². The van der Waals surface area contributed by atoms with Gasteiger partial charge < -0.3 is 45.6 Å². The first-order chi connectivity index (χ1) is 36.8. The Hall–Kier alpha value is -0.880. The molecule has 10 saturated carbocycles. The zero-order valence-corrected chi connectivity index (χ0v) is 51.6. The Kier molecular flexibility index (Phi) is 16.9. The van der Waals surface area contributed by atoms with Gasteiger partial charge in [-0.3, -0.25) is 0 Å². The number of rotatable bonds is 14. The monoisotopic (exact) mass is 1090 g/mol. The Morgan fingerprint density at radius 1 is 0.487 bits per heavy atom. The standard InChI is InChI=1S/C37H63NO4.C32H55NO3/c1-25(23-38-20-21-39)26-12-17-37(24-42-31-9-7-8-22-41-31)19-18-35(5)27(32(26)37)10-11-29-34(4)15-14-30(40)33(2,3)28(34)13-16-36(29,35)6;1-21(19-33-17-18-34)22-9-14-32(20-35)16-15-30(5)23(27(22)32)7-8-25-29(4)12-11-26(36)28(2,3)24(29)10-13-31(25,30)6/h26-32,38-40H,1,7-24H2,2-6H3;22-27,33-36H,1,7-20H2,2-6H3/t26-,27+,28-,29+,30?,31?,32+,34-,35+,36+,37+;22-,23+,24-,25+,26?,27+,29-,30+,31+,32+/m00/s1. The lowest BCUT2D eigenvalue weighted by molar-refractivity contribution is -0.256. The summed E-state index contributed by atoms with van der Waals surface area (Å²) in [5.74, 6) is 6.11. The normalized spacial score (nSPS) is 50.6. The Labute approximate surface area is 475 Å². The molecule has 1 saturated heterocycles. The second-order valence-corrected chi connectivity index (χ2v) is 32.5. The summed E-state index contributed by atoms with van der Waals surface area (Å²) in [4.78, 5) is 0. The van der Waals surface area contributed by atoms with Gasteiger partial charge in [-0.05, 0) is 261 Å². The topological polar surface area (TPSA) is 144 Å². The summed E-state index contributed by atoms with van der Waals surface area (Å²) < 4.78 is 12.8. The van der Waals surface area contributed by atoms with Crippen LogP contribution in [0.2, 0.25) is 0 Å². The number of hydrogen-bond acceptors (Lipinski definition) is 9. The van der Waals surface area contributed by atoms with Crippen LogP contribution in [0.1, 0.15) is 217 Å². The van der Waals surface area contributed by atoms with Gasteiger partial charge in [-0.1, -0.05) is 93.5 Å².